The van der Waals surface area contributed by atoms with Gasteiger partial charge in [-0.25, -0.2) is 4.68 Å². The molecule has 0 aliphatic carbocycles. The molecule has 0 spiro atoms. The molecule has 0 fully saturated rings. The number of nitrogens with zero attached hydrogens (tertiary/aromatic N) is 3. The number of aromatic nitrogens is 3. The standard InChI is InChI=1S/C13H12F2N4OS/c1-2-3-8-21-13-18-17-11(19(13)16)9-4-6-10(7-5-9)20-12(14)15/h4-7,12H,8,16H2,1H3. The molecule has 0 radical (unpaired) electrons. The Balaban J connectivity index is 2.16. The molecular weight excluding hydrogens is 298 g/mol. The number of hydrogen-bond donors (Lipinski definition) is 1. The molecule has 5 nitrogen and oxygen atoms in total. The van der Waals surface area contributed by atoms with Crippen molar-refractivity contribution < 1.29 is 13.5 Å². The molecule has 0 unspecified atom stereocenters. The van der Waals surface area contributed by atoms with Crippen LogP contribution >= 0.6 is 11.8 Å². The number of thioether (sulfide) groups is 1. The van der Waals surface area contributed by atoms with Crippen LogP contribution in [0, 0.1) is 11.8 Å². The fraction of sp³-hybridized carbons (Fsp3) is 0.231. The summed E-state index contributed by atoms with van der Waals surface area (Å²) >= 11 is 1.37. The second kappa shape index (κ2) is 6.95. The summed E-state index contributed by atoms with van der Waals surface area (Å²) in [4.78, 5) is 0. The summed E-state index contributed by atoms with van der Waals surface area (Å²) in [6.45, 7) is -1.10. The second-order valence-electron chi connectivity index (χ2n) is 3.79. The molecule has 2 rings (SSSR count). The van der Waals surface area contributed by atoms with Crippen molar-refractivity contribution in [3.8, 4) is 29.0 Å². The zero-order chi connectivity index (χ0) is 15.2. The van der Waals surface area contributed by atoms with Crippen molar-refractivity contribution in [2.24, 2.45) is 0 Å². The van der Waals surface area contributed by atoms with Gasteiger partial charge in [-0.05, 0) is 31.2 Å². The topological polar surface area (TPSA) is 66.0 Å². The lowest BCUT2D eigenvalue weighted by atomic mass is 10.2. The molecular formula is C13H12F2N4OS. The van der Waals surface area contributed by atoms with Crippen molar-refractivity contribution in [3.63, 3.8) is 0 Å². The largest absolute Gasteiger partial charge is 0.435 e. The third-order valence-electron chi connectivity index (χ3n) is 2.45. The van der Waals surface area contributed by atoms with Crippen LogP contribution in [-0.2, 0) is 0 Å². The SMILES string of the molecule is CC#CCSc1nnc(-c2ccc(OC(F)F)cc2)n1N. The Morgan fingerprint density at radius 2 is 2.05 bits per heavy atom. The van der Waals surface area contributed by atoms with Crippen molar-refractivity contribution in [2.45, 2.75) is 18.7 Å². The van der Waals surface area contributed by atoms with E-state index in [-0.39, 0.29) is 5.75 Å². The molecule has 0 amide bonds. The maximum Gasteiger partial charge on any atom is 0.387 e. The normalized spacial score (nSPS) is 10.3. The van der Waals surface area contributed by atoms with Gasteiger partial charge >= 0.3 is 6.61 Å². The third-order valence-corrected chi connectivity index (χ3v) is 3.28. The van der Waals surface area contributed by atoms with Gasteiger partial charge in [-0.2, -0.15) is 8.78 Å². The van der Waals surface area contributed by atoms with E-state index in [1.807, 2.05) is 0 Å². The lowest BCUT2D eigenvalue weighted by molar-refractivity contribution is -0.0498. The van der Waals surface area contributed by atoms with Crippen LogP contribution in [0.1, 0.15) is 6.92 Å². The predicted octanol–water partition coefficient (Wildman–Crippen LogP) is 2.38. The third kappa shape index (κ3) is 3.86. The fourth-order valence-electron chi connectivity index (χ4n) is 1.53. The van der Waals surface area contributed by atoms with Crippen LogP contribution in [0.25, 0.3) is 11.4 Å². The number of nitrogen functional groups attached to an aromatic ring is 1. The summed E-state index contributed by atoms with van der Waals surface area (Å²) in [6.07, 6.45) is 0. The van der Waals surface area contributed by atoms with Crippen LogP contribution in [-0.4, -0.2) is 27.2 Å². The highest BCUT2D eigenvalue weighted by molar-refractivity contribution is 7.99. The van der Waals surface area contributed by atoms with E-state index in [0.29, 0.717) is 22.3 Å². The molecule has 0 aliphatic heterocycles. The second-order valence-corrected chi connectivity index (χ2v) is 4.74. The Kier molecular flexibility index (Phi) is 5.00. The number of nitrogens with two attached hydrogens (primary N) is 1. The molecule has 0 aliphatic rings. The van der Waals surface area contributed by atoms with Crippen LogP contribution in [0.15, 0.2) is 29.4 Å². The number of halogens is 2. The van der Waals surface area contributed by atoms with Gasteiger partial charge in [-0.1, -0.05) is 17.7 Å². The number of alkyl halides is 2. The first-order valence-corrected chi connectivity index (χ1v) is 6.88. The van der Waals surface area contributed by atoms with Crippen molar-refractivity contribution in [1.82, 2.24) is 14.9 Å². The molecule has 0 saturated heterocycles. The Morgan fingerprint density at radius 3 is 2.67 bits per heavy atom. The summed E-state index contributed by atoms with van der Waals surface area (Å²) in [6, 6.07) is 6.02. The van der Waals surface area contributed by atoms with E-state index in [1.165, 1.54) is 28.6 Å². The average Bonchev–Trinajstić information content (AvgIpc) is 2.81. The summed E-state index contributed by atoms with van der Waals surface area (Å²) in [7, 11) is 0. The minimum atomic E-state index is -2.85. The molecule has 2 N–H and O–H groups in total. The highest BCUT2D eigenvalue weighted by Gasteiger charge is 2.12. The minimum Gasteiger partial charge on any atom is -0.435 e. The summed E-state index contributed by atoms with van der Waals surface area (Å²) in [5.74, 6) is 12.6. The number of ether oxygens (including phenoxy) is 1. The van der Waals surface area contributed by atoms with Crippen LogP contribution < -0.4 is 10.6 Å². The molecule has 0 bridgehead atoms. The Morgan fingerprint density at radius 1 is 1.33 bits per heavy atom. The van der Waals surface area contributed by atoms with Crippen molar-refractivity contribution in [1.29, 1.82) is 0 Å². The van der Waals surface area contributed by atoms with Gasteiger partial charge in [0.1, 0.15) is 5.75 Å². The van der Waals surface area contributed by atoms with Gasteiger partial charge in [0.05, 0.1) is 5.75 Å². The van der Waals surface area contributed by atoms with Gasteiger partial charge in [-0.15, -0.1) is 16.1 Å². The summed E-state index contributed by atoms with van der Waals surface area (Å²) in [5.41, 5.74) is 0.653. The van der Waals surface area contributed by atoms with E-state index < -0.39 is 6.61 Å². The van der Waals surface area contributed by atoms with Gasteiger partial charge in [-0.3, -0.25) is 0 Å². The highest BCUT2D eigenvalue weighted by Crippen LogP contribution is 2.24. The van der Waals surface area contributed by atoms with Crippen LogP contribution in [0.5, 0.6) is 5.75 Å². The van der Waals surface area contributed by atoms with E-state index in [9.17, 15) is 8.78 Å². The average molecular weight is 310 g/mol. The number of rotatable bonds is 5. The van der Waals surface area contributed by atoms with Gasteiger partial charge in [0.25, 0.3) is 0 Å². The molecule has 110 valence electrons. The van der Waals surface area contributed by atoms with Gasteiger partial charge in [0.15, 0.2) is 5.82 Å². The lowest BCUT2D eigenvalue weighted by Gasteiger charge is -2.05. The maximum absolute atomic E-state index is 12.1. The monoisotopic (exact) mass is 310 g/mol. The molecule has 2 aromatic rings. The first kappa shape index (κ1) is 15.1. The lowest BCUT2D eigenvalue weighted by Crippen LogP contribution is -2.11. The van der Waals surface area contributed by atoms with E-state index in [4.69, 9.17) is 5.84 Å². The van der Waals surface area contributed by atoms with Gasteiger partial charge < -0.3 is 10.6 Å². The van der Waals surface area contributed by atoms with E-state index in [1.54, 1.807) is 19.1 Å². The van der Waals surface area contributed by atoms with Crippen LogP contribution in [0.3, 0.4) is 0 Å². The van der Waals surface area contributed by atoms with Gasteiger partial charge in [0, 0.05) is 5.56 Å². The van der Waals surface area contributed by atoms with Crippen molar-refractivity contribution >= 4 is 11.8 Å². The maximum atomic E-state index is 12.1. The Labute approximate surface area is 124 Å². The summed E-state index contributed by atoms with van der Waals surface area (Å²) < 4.78 is 29.8. The van der Waals surface area contributed by atoms with Gasteiger partial charge in [0.2, 0.25) is 5.16 Å². The molecule has 1 aromatic heterocycles. The molecule has 0 saturated carbocycles. The first-order valence-electron chi connectivity index (χ1n) is 5.90. The summed E-state index contributed by atoms with van der Waals surface area (Å²) in [5, 5.41) is 8.48. The van der Waals surface area contributed by atoms with E-state index in [0.717, 1.165) is 0 Å². The van der Waals surface area contributed by atoms with E-state index in [2.05, 4.69) is 26.8 Å². The number of hydrogen-bond acceptors (Lipinski definition) is 5. The Hall–Kier alpha value is -2.27. The number of benzene rings is 1. The quantitative estimate of drug-likeness (QED) is 0.522. The van der Waals surface area contributed by atoms with E-state index >= 15 is 0 Å². The smallest absolute Gasteiger partial charge is 0.387 e. The molecule has 1 aromatic carbocycles. The minimum absolute atomic E-state index is 0.0738. The van der Waals surface area contributed by atoms with Crippen LogP contribution in [0.4, 0.5) is 8.78 Å². The first-order chi connectivity index (χ1) is 10.1. The molecule has 0 atom stereocenters. The fourth-order valence-corrected chi connectivity index (χ4v) is 2.20. The predicted molar refractivity (Wildman–Crippen MR) is 76.4 cm³/mol. The zero-order valence-electron chi connectivity index (χ0n) is 11.1. The zero-order valence-corrected chi connectivity index (χ0v) is 11.9. The highest BCUT2D eigenvalue weighted by atomic mass is 32.2. The molecule has 8 heteroatoms. The van der Waals surface area contributed by atoms with Crippen LogP contribution in [0.2, 0.25) is 0 Å². The molecule has 1 heterocycles. The molecule has 21 heavy (non-hydrogen) atoms. The van der Waals surface area contributed by atoms with Crippen molar-refractivity contribution in [2.75, 3.05) is 11.6 Å². The van der Waals surface area contributed by atoms with Crippen molar-refractivity contribution in [3.05, 3.63) is 24.3 Å². The Bertz CT molecular complexity index is 661.